The maximum atomic E-state index is 13.9. The van der Waals surface area contributed by atoms with Crippen LogP contribution in [0, 0.1) is 29.3 Å². The number of halogens is 3. The third-order valence-electron chi connectivity index (χ3n) is 5.86. The first-order valence-electron chi connectivity index (χ1n) is 10.3. The van der Waals surface area contributed by atoms with Crippen LogP contribution in [0.25, 0.3) is 0 Å². The number of likely N-dealkylation sites (tertiary alicyclic amines) is 1. The van der Waals surface area contributed by atoms with Crippen LogP contribution in [0.1, 0.15) is 52.2 Å². The van der Waals surface area contributed by atoms with Crippen LogP contribution < -0.4 is 0 Å². The fourth-order valence-corrected chi connectivity index (χ4v) is 4.03. The highest BCUT2D eigenvalue weighted by Crippen LogP contribution is 2.31. The van der Waals surface area contributed by atoms with Gasteiger partial charge in [0.2, 0.25) is 0 Å². The van der Waals surface area contributed by atoms with E-state index in [1.54, 1.807) is 12.1 Å². The predicted molar refractivity (Wildman–Crippen MR) is 105 cm³/mol. The Bertz CT molecular complexity index is 944. The summed E-state index contributed by atoms with van der Waals surface area (Å²) in [5.74, 6) is -3.78. The van der Waals surface area contributed by atoms with E-state index in [-0.39, 0.29) is 29.5 Å². The van der Waals surface area contributed by atoms with Crippen molar-refractivity contribution < 1.29 is 22.8 Å². The first kappa shape index (κ1) is 20.7. The number of carbonyl (C=O) groups excluding carboxylic acids is 2. The van der Waals surface area contributed by atoms with Gasteiger partial charge in [0, 0.05) is 30.3 Å². The van der Waals surface area contributed by atoms with Crippen LogP contribution in [0.5, 0.6) is 0 Å². The third-order valence-corrected chi connectivity index (χ3v) is 5.86. The molecule has 1 aliphatic heterocycles. The lowest BCUT2D eigenvalue weighted by molar-refractivity contribution is 0.0830. The molecule has 1 saturated carbocycles. The zero-order valence-electron chi connectivity index (χ0n) is 16.5. The highest BCUT2D eigenvalue weighted by atomic mass is 19.1. The van der Waals surface area contributed by atoms with Gasteiger partial charge in [0.15, 0.2) is 11.6 Å². The van der Waals surface area contributed by atoms with E-state index in [1.807, 2.05) is 0 Å². The summed E-state index contributed by atoms with van der Waals surface area (Å²) in [6.45, 7) is 2.91. The molecular weight excluding hydrogens is 393 g/mol. The predicted octanol–water partition coefficient (Wildman–Crippen LogP) is 4.23. The van der Waals surface area contributed by atoms with Gasteiger partial charge in [-0.2, -0.15) is 0 Å². The Morgan fingerprint density at radius 1 is 1.00 bits per heavy atom. The van der Waals surface area contributed by atoms with Crippen molar-refractivity contribution in [3.05, 3.63) is 64.7 Å². The molecule has 1 saturated heterocycles. The molecule has 0 unspecified atom stereocenters. The van der Waals surface area contributed by atoms with Gasteiger partial charge in [0.1, 0.15) is 23.1 Å². The Kier molecular flexibility index (Phi) is 5.99. The second kappa shape index (κ2) is 8.68. The molecule has 2 aliphatic rings. The van der Waals surface area contributed by atoms with Crippen molar-refractivity contribution in [2.24, 2.45) is 11.8 Å². The Morgan fingerprint density at radius 2 is 1.67 bits per heavy atom. The summed E-state index contributed by atoms with van der Waals surface area (Å²) in [7, 11) is 0. The van der Waals surface area contributed by atoms with Crippen molar-refractivity contribution in [1.29, 1.82) is 0 Å². The number of carbonyl (C=O) groups is 2. The summed E-state index contributed by atoms with van der Waals surface area (Å²) in [4.78, 5) is 31.9. The molecule has 2 aromatic rings. The number of aromatic nitrogens is 1. The molecule has 0 amide bonds. The first-order chi connectivity index (χ1) is 14.4. The fourth-order valence-electron chi connectivity index (χ4n) is 4.03. The molecule has 2 heterocycles. The van der Waals surface area contributed by atoms with Gasteiger partial charge in [-0.05, 0) is 56.8 Å². The molecule has 1 aliphatic carbocycles. The van der Waals surface area contributed by atoms with Crippen LogP contribution in [0.4, 0.5) is 13.2 Å². The largest absolute Gasteiger partial charge is 0.303 e. The first-order valence-corrected chi connectivity index (χ1v) is 10.3. The average molecular weight is 416 g/mol. The van der Waals surface area contributed by atoms with Crippen LogP contribution in [-0.2, 0) is 6.42 Å². The van der Waals surface area contributed by atoms with Crippen LogP contribution in [-0.4, -0.2) is 41.1 Å². The van der Waals surface area contributed by atoms with Gasteiger partial charge in [-0.25, -0.2) is 18.2 Å². The maximum Gasteiger partial charge on any atom is 0.184 e. The van der Waals surface area contributed by atoms with Gasteiger partial charge < -0.3 is 4.90 Å². The SMILES string of the molecule is O=C(Cc1cccc(C(=O)C2CCN(CC3CC3)CC2)n1)c1c(F)cc(F)cc1F. The number of ketones is 2. The lowest BCUT2D eigenvalue weighted by Gasteiger charge is -2.31. The van der Waals surface area contributed by atoms with Crippen LogP contribution in [0.3, 0.4) is 0 Å². The van der Waals surface area contributed by atoms with Gasteiger partial charge >= 0.3 is 0 Å². The van der Waals surface area contributed by atoms with Crippen molar-refractivity contribution in [3.63, 3.8) is 0 Å². The monoisotopic (exact) mass is 416 g/mol. The number of rotatable bonds is 7. The Morgan fingerprint density at radius 3 is 2.30 bits per heavy atom. The van der Waals surface area contributed by atoms with Gasteiger partial charge in [-0.15, -0.1) is 0 Å². The number of benzene rings is 1. The second-order valence-electron chi connectivity index (χ2n) is 8.24. The quantitative estimate of drug-likeness (QED) is 0.634. The molecule has 0 N–H and O–H groups in total. The Labute approximate surface area is 173 Å². The molecule has 0 atom stereocenters. The molecule has 4 rings (SSSR count). The number of Topliss-reactive ketones (excluding diaryl/α,β-unsaturated/α-hetero) is 2. The third kappa shape index (κ3) is 4.78. The smallest absolute Gasteiger partial charge is 0.184 e. The molecule has 1 aromatic carbocycles. The summed E-state index contributed by atoms with van der Waals surface area (Å²) < 4.78 is 40.8. The number of pyridine rings is 1. The molecule has 0 bridgehead atoms. The minimum Gasteiger partial charge on any atom is -0.303 e. The fraction of sp³-hybridized carbons (Fsp3) is 0.435. The number of nitrogens with zero attached hydrogens (tertiary/aromatic N) is 2. The Balaban J connectivity index is 1.41. The van der Waals surface area contributed by atoms with Crippen LogP contribution >= 0.6 is 0 Å². The molecule has 0 radical (unpaired) electrons. The van der Waals surface area contributed by atoms with Gasteiger partial charge in [-0.1, -0.05) is 6.07 Å². The molecule has 4 nitrogen and oxygen atoms in total. The molecule has 7 heteroatoms. The second-order valence-corrected chi connectivity index (χ2v) is 8.24. The van der Waals surface area contributed by atoms with Crippen molar-refractivity contribution in [2.75, 3.05) is 19.6 Å². The van der Waals surface area contributed by atoms with Crippen molar-refractivity contribution >= 4 is 11.6 Å². The summed E-state index contributed by atoms with van der Waals surface area (Å²) >= 11 is 0. The van der Waals surface area contributed by atoms with E-state index < -0.39 is 28.8 Å². The van der Waals surface area contributed by atoms with E-state index in [9.17, 15) is 22.8 Å². The summed E-state index contributed by atoms with van der Waals surface area (Å²) in [5.41, 5.74) is -0.279. The summed E-state index contributed by atoms with van der Waals surface area (Å²) in [6.07, 6.45) is 3.80. The number of hydrogen-bond donors (Lipinski definition) is 0. The van der Waals surface area contributed by atoms with E-state index >= 15 is 0 Å². The van der Waals surface area contributed by atoms with E-state index in [4.69, 9.17) is 0 Å². The molecule has 2 fully saturated rings. The lowest BCUT2D eigenvalue weighted by atomic mass is 9.90. The molecule has 30 heavy (non-hydrogen) atoms. The standard InChI is InChI=1S/C23H23F3N2O2/c24-16-10-18(25)22(19(26)11-16)21(29)12-17-2-1-3-20(27-17)23(30)15-6-8-28(9-7-15)13-14-4-5-14/h1-3,10-11,14-15H,4-9,12-13H2. The number of hydrogen-bond acceptors (Lipinski definition) is 4. The normalized spacial score (nSPS) is 17.8. The van der Waals surface area contributed by atoms with E-state index in [1.165, 1.54) is 18.9 Å². The number of piperidine rings is 1. The highest BCUT2D eigenvalue weighted by Gasteiger charge is 2.30. The minimum atomic E-state index is -1.25. The van der Waals surface area contributed by atoms with E-state index in [0.717, 1.165) is 38.4 Å². The molecule has 158 valence electrons. The van der Waals surface area contributed by atoms with Gasteiger partial charge in [-0.3, -0.25) is 9.59 Å². The molecule has 0 spiro atoms. The maximum absolute atomic E-state index is 13.9. The Hall–Kier alpha value is -2.54. The zero-order chi connectivity index (χ0) is 21.3. The minimum absolute atomic E-state index is 0.0606. The topological polar surface area (TPSA) is 50.3 Å². The lowest BCUT2D eigenvalue weighted by Crippen LogP contribution is -2.37. The van der Waals surface area contributed by atoms with Gasteiger partial charge in [0.05, 0.1) is 12.0 Å². The van der Waals surface area contributed by atoms with Crippen molar-refractivity contribution in [3.8, 4) is 0 Å². The van der Waals surface area contributed by atoms with Crippen molar-refractivity contribution in [1.82, 2.24) is 9.88 Å². The highest BCUT2D eigenvalue weighted by molar-refractivity contribution is 5.98. The van der Waals surface area contributed by atoms with E-state index in [0.29, 0.717) is 12.1 Å². The summed E-state index contributed by atoms with van der Waals surface area (Å²) in [5, 5.41) is 0. The average Bonchev–Trinajstić information content (AvgIpc) is 3.51. The molecular formula is C23H23F3N2O2. The van der Waals surface area contributed by atoms with Gasteiger partial charge in [0.25, 0.3) is 0 Å². The van der Waals surface area contributed by atoms with Crippen LogP contribution in [0.2, 0.25) is 0 Å². The van der Waals surface area contributed by atoms with Crippen LogP contribution in [0.15, 0.2) is 30.3 Å². The van der Waals surface area contributed by atoms with Crippen molar-refractivity contribution in [2.45, 2.75) is 32.1 Å². The zero-order valence-corrected chi connectivity index (χ0v) is 16.5. The molecule has 1 aromatic heterocycles. The summed E-state index contributed by atoms with van der Waals surface area (Å²) in [6, 6.07) is 5.69. The van der Waals surface area contributed by atoms with E-state index in [2.05, 4.69) is 9.88 Å².